The van der Waals surface area contributed by atoms with Gasteiger partial charge in [-0.3, -0.25) is 9.78 Å². The largest absolute Gasteiger partial charge is 0.463 e. The van der Waals surface area contributed by atoms with Crippen LogP contribution in [0.2, 0.25) is 0 Å². The number of alkyl halides is 5. The van der Waals surface area contributed by atoms with E-state index in [9.17, 15) is 26.7 Å². The van der Waals surface area contributed by atoms with Gasteiger partial charge in [-0.05, 0) is 17.7 Å². The quantitative estimate of drug-likeness (QED) is 0.788. The molecule has 0 fully saturated rings. The van der Waals surface area contributed by atoms with Gasteiger partial charge in [-0.25, -0.2) is 0 Å². The highest BCUT2D eigenvalue weighted by atomic mass is 19.4. The normalized spacial score (nSPS) is 12.3. The molecule has 100 valence electrons. The van der Waals surface area contributed by atoms with Crippen molar-refractivity contribution in [3.63, 3.8) is 0 Å². The molecule has 0 saturated carbocycles. The van der Waals surface area contributed by atoms with E-state index in [4.69, 9.17) is 0 Å². The van der Waals surface area contributed by atoms with E-state index in [-0.39, 0.29) is 6.54 Å². The minimum atomic E-state index is -5.89. The maximum Gasteiger partial charge on any atom is 0.463 e. The second kappa shape index (κ2) is 4.87. The van der Waals surface area contributed by atoms with Gasteiger partial charge in [-0.15, -0.1) is 0 Å². The molecule has 0 radical (unpaired) electrons. The third-order valence-electron chi connectivity index (χ3n) is 2.14. The fourth-order valence-corrected chi connectivity index (χ4v) is 1.19. The summed E-state index contributed by atoms with van der Waals surface area (Å²) in [6.45, 7) is -0.354. The van der Waals surface area contributed by atoms with Crippen LogP contribution in [0.4, 0.5) is 22.0 Å². The Labute approximate surface area is 99.2 Å². The molecule has 0 aliphatic rings. The van der Waals surface area contributed by atoms with Gasteiger partial charge in [-0.2, -0.15) is 22.0 Å². The lowest BCUT2D eigenvalue weighted by molar-refractivity contribution is -0.274. The first-order valence-electron chi connectivity index (χ1n) is 4.75. The molecule has 0 aliphatic carbocycles. The Kier molecular flexibility index (Phi) is 3.88. The van der Waals surface area contributed by atoms with E-state index in [1.807, 2.05) is 0 Å². The van der Waals surface area contributed by atoms with Gasteiger partial charge in [0.2, 0.25) is 0 Å². The average molecular weight is 268 g/mol. The second-order valence-corrected chi connectivity index (χ2v) is 3.59. The summed E-state index contributed by atoms with van der Waals surface area (Å²) >= 11 is 0. The number of aromatic nitrogens is 1. The Hall–Kier alpha value is -1.73. The molecule has 0 spiro atoms. The number of hydrogen-bond donors (Lipinski definition) is 0. The SMILES string of the molecule is CN(Cc1ccncc1)C(=O)C(F)(F)C(F)(F)F. The van der Waals surface area contributed by atoms with Crippen LogP contribution in [0.15, 0.2) is 24.5 Å². The number of nitrogens with zero attached hydrogens (tertiary/aromatic N) is 2. The highest BCUT2D eigenvalue weighted by molar-refractivity contribution is 5.84. The third-order valence-corrected chi connectivity index (χ3v) is 2.14. The summed E-state index contributed by atoms with van der Waals surface area (Å²) in [5.41, 5.74) is 0.402. The zero-order chi connectivity index (χ0) is 14.0. The minimum Gasteiger partial charge on any atom is -0.336 e. The molecule has 0 atom stereocenters. The van der Waals surface area contributed by atoms with Crippen LogP contribution in [0.5, 0.6) is 0 Å². The molecule has 0 bridgehead atoms. The van der Waals surface area contributed by atoms with Crippen molar-refractivity contribution in [1.29, 1.82) is 0 Å². The molecule has 3 nitrogen and oxygen atoms in total. The van der Waals surface area contributed by atoms with Crippen LogP contribution in [0, 0.1) is 0 Å². The van der Waals surface area contributed by atoms with Crippen LogP contribution >= 0.6 is 0 Å². The monoisotopic (exact) mass is 268 g/mol. The van der Waals surface area contributed by atoms with Crippen molar-refractivity contribution in [1.82, 2.24) is 9.88 Å². The van der Waals surface area contributed by atoms with Gasteiger partial charge in [0.15, 0.2) is 0 Å². The molecule has 1 rings (SSSR count). The van der Waals surface area contributed by atoms with Crippen molar-refractivity contribution >= 4 is 5.91 Å². The number of carbonyl (C=O) groups is 1. The van der Waals surface area contributed by atoms with Crippen LogP contribution in [-0.4, -0.2) is 34.9 Å². The fraction of sp³-hybridized carbons (Fsp3) is 0.400. The Morgan fingerprint density at radius 3 is 2.17 bits per heavy atom. The predicted octanol–water partition coefficient (Wildman–Crippen LogP) is 2.24. The Morgan fingerprint density at radius 2 is 1.72 bits per heavy atom. The van der Waals surface area contributed by atoms with Gasteiger partial charge in [0.25, 0.3) is 0 Å². The zero-order valence-corrected chi connectivity index (χ0v) is 9.21. The van der Waals surface area contributed by atoms with Crippen molar-refractivity contribution in [3.05, 3.63) is 30.1 Å². The number of amides is 1. The fourth-order valence-electron chi connectivity index (χ4n) is 1.19. The van der Waals surface area contributed by atoms with E-state index < -0.39 is 18.0 Å². The molecular formula is C10H9F5N2O. The summed E-state index contributed by atoms with van der Waals surface area (Å²) in [6, 6.07) is 2.82. The van der Waals surface area contributed by atoms with Crippen molar-refractivity contribution < 1.29 is 26.7 Å². The Morgan fingerprint density at radius 1 is 1.22 bits per heavy atom. The lowest BCUT2D eigenvalue weighted by Crippen LogP contribution is -2.50. The van der Waals surface area contributed by atoms with E-state index >= 15 is 0 Å². The van der Waals surface area contributed by atoms with Gasteiger partial charge in [-0.1, -0.05) is 0 Å². The van der Waals surface area contributed by atoms with E-state index in [2.05, 4.69) is 4.98 Å². The second-order valence-electron chi connectivity index (χ2n) is 3.59. The molecule has 1 amide bonds. The number of carbonyl (C=O) groups excluding carboxylic acids is 1. The Bertz CT molecular complexity index is 418. The first-order valence-corrected chi connectivity index (χ1v) is 4.75. The molecule has 18 heavy (non-hydrogen) atoms. The van der Waals surface area contributed by atoms with Crippen LogP contribution in [-0.2, 0) is 11.3 Å². The van der Waals surface area contributed by atoms with Gasteiger partial charge in [0.05, 0.1) is 0 Å². The van der Waals surface area contributed by atoms with E-state index in [0.717, 1.165) is 7.05 Å². The molecule has 8 heteroatoms. The molecular weight excluding hydrogens is 259 g/mol. The van der Waals surface area contributed by atoms with E-state index in [1.165, 1.54) is 24.5 Å². The van der Waals surface area contributed by atoms with Crippen LogP contribution < -0.4 is 0 Å². The van der Waals surface area contributed by atoms with Crippen LogP contribution in [0.1, 0.15) is 5.56 Å². The van der Waals surface area contributed by atoms with Gasteiger partial charge < -0.3 is 4.90 Å². The highest BCUT2D eigenvalue weighted by Gasteiger charge is 2.64. The molecule has 0 saturated heterocycles. The topological polar surface area (TPSA) is 33.2 Å². The molecule has 1 heterocycles. The maximum atomic E-state index is 12.7. The van der Waals surface area contributed by atoms with Gasteiger partial charge in [0.1, 0.15) is 0 Å². The van der Waals surface area contributed by atoms with Crippen LogP contribution in [0.3, 0.4) is 0 Å². The number of pyridine rings is 1. The standard InChI is InChI=1S/C10H9F5N2O/c1-17(6-7-2-4-16-5-3-7)8(18)9(11,12)10(13,14)15/h2-5H,6H2,1H3. The van der Waals surface area contributed by atoms with Crippen molar-refractivity contribution in [2.75, 3.05) is 7.05 Å². The zero-order valence-electron chi connectivity index (χ0n) is 9.21. The van der Waals surface area contributed by atoms with Crippen molar-refractivity contribution in [3.8, 4) is 0 Å². The summed E-state index contributed by atoms with van der Waals surface area (Å²) in [6.07, 6.45) is -3.21. The Balaban J connectivity index is 2.80. The van der Waals surface area contributed by atoms with E-state index in [0.29, 0.717) is 10.5 Å². The summed E-state index contributed by atoms with van der Waals surface area (Å²) in [7, 11) is 0.877. The average Bonchev–Trinajstić information content (AvgIpc) is 2.27. The predicted molar refractivity (Wildman–Crippen MR) is 51.7 cm³/mol. The molecule has 0 aliphatic heterocycles. The van der Waals surface area contributed by atoms with E-state index in [1.54, 1.807) is 0 Å². The van der Waals surface area contributed by atoms with Gasteiger partial charge >= 0.3 is 18.0 Å². The molecule has 0 unspecified atom stereocenters. The van der Waals surface area contributed by atoms with Crippen molar-refractivity contribution in [2.45, 2.75) is 18.6 Å². The highest BCUT2D eigenvalue weighted by Crippen LogP contribution is 2.36. The lowest BCUT2D eigenvalue weighted by Gasteiger charge is -2.24. The molecule has 1 aromatic rings. The first kappa shape index (κ1) is 14.3. The molecule has 0 aromatic carbocycles. The third kappa shape index (κ3) is 2.93. The smallest absolute Gasteiger partial charge is 0.336 e. The lowest BCUT2D eigenvalue weighted by atomic mass is 10.2. The minimum absolute atomic E-state index is 0.322. The summed E-state index contributed by atoms with van der Waals surface area (Å²) in [5, 5.41) is 0. The number of halogens is 5. The molecule has 1 aromatic heterocycles. The number of hydrogen-bond acceptors (Lipinski definition) is 2. The maximum absolute atomic E-state index is 12.7. The first-order chi connectivity index (χ1) is 8.16. The molecule has 0 N–H and O–H groups in total. The number of rotatable bonds is 3. The summed E-state index contributed by atoms with van der Waals surface area (Å²) < 4.78 is 61.4. The van der Waals surface area contributed by atoms with Crippen molar-refractivity contribution in [2.24, 2.45) is 0 Å². The summed E-state index contributed by atoms with van der Waals surface area (Å²) in [4.78, 5) is 15.0. The summed E-state index contributed by atoms with van der Waals surface area (Å²) in [5.74, 6) is -7.67. The van der Waals surface area contributed by atoms with Crippen LogP contribution in [0.25, 0.3) is 0 Å². The van der Waals surface area contributed by atoms with Gasteiger partial charge in [0, 0.05) is 26.0 Å².